The van der Waals surface area contributed by atoms with Gasteiger partial charge in [0.2, 0.25) is 0 Å². The van der Waals surface area contributed by atoms with Crippen molar-refractivity contribution in [1.82, 2.24) is 14.8 Å². The van der Waals surface area contributed by atoms with Gasteiger partial charge in [-0.1, -0.05) is 0 Å². The van der Waals surface area contributed by atoms with Crippen molar-refractivity contribution < 1.29 is 36.9 Å². The first-order chi connectivity index (χ1) is 21.7. The van der Waals surface area contributed by atoms with E-state index in [2.05, 4.69) is 14.8 Å². The van der Waals surface area contributed by atoms with Gasteiger partial charge in [-0.05, 0) is 99.0 Å². The number of carboxylic acids is 1. The second kappa shape index (κ2) is 14.9. The van der Waals surface area contributed by atoms with Gasteiger partial charge in [-0.15, -0.1) is 0 Å². The second-order valence-corrected chi connectivity index (χ2v) is 12.4. The van der Waals surface area contributed by atoms with Crippen molar-refractivity contribution in [2.75, 3.05) is 53.0 Å². The van der Waals surface area contributed by atoms with Gasteiger partial charge in [-0.25, -0.2) is 17.6 Å². The summed E-state index contributed by atoms with van der Waals surface area (Å²) in [6, 6.07) is 7.00. The molecule has 1 atom stereocenters. The van der Waals surface area contributed by atoms with Crippen molar-refractivity contribution in [2.45, 2.75) is 57.7 Å². The van der Waals surface area contributed by atoms with E-state index in [0.29, 0.717) is 93.4 Å². The number of benzene rings is 2. The Morgan fingerprint density at radius 2 is 1.82 bits per heavy atom. The van der Waals surface area contributed by atoms with Gasteiger partial charge < -0.3 is 19.5 Å². The Bertz CT molecular complexity index is 1480. The quantitative estimate of drug-likeness (QED) is 0.171. The average molecular weight is 632 g/mol. The average Bonchev–Trinajstić information content (AvgIpc) is 3.03. The Kier molecular flexibility index (Phi) is 10.9. The van der Waals surface area contributed by atoms with Crippen LogP contribution >= 0.6 is 0 Å². The van der Waals surface area contributed by atoms with Gasteiger partial charge in [0.05, 0.1) is 32.3 Å². The highest BCUT2D eigenvalue weighted by atomic mass is 19.2. The smallest absolute Gasteiger partial charge is 0.303 e. The zero-order chi connectivity index (χ0) is 32.0. The molecule has 0 bridgehead atoms. The maximum atomic E-state index is 16.5. The van der Waals surface area contributed by atoms with Crippen molar-refractivity contribution in [3.05, 3.63) is 70.7 Å². The molecule has 2 aromatic carbocycles. The largest absolute Gasteiger partial charge is 0.497 e. The van der Waals surface area contributed by atoms with E-state index in [-0.39, 0.29) is 24.8 Å². The normalized spacial score (nSPS) is 18.2. The zero-order valence-corrected chi connectivity index (χ0v) is 25.7. The van der Waals surface area contributed by atoms with Crippen LogP contribution in [0.5, 0.6) is 5.75 Å². The minimum absolute atomic E-state index is 0.00738. The topological polar surface area (TPSA) is 75.1 Å². The van der Waals surface area contributed by atoms with Crippen LogP contribution in [0.4, 0.5) is 17.6 Å². The number of nitrogens with zero attached hydrogens (tertiary/aromatic N) is 3. The molecule has 5 rings (SSSR count). The first-order valence-electron chi connectivity index (χ1n) is 15.6. The number of alkyl halides is 1. The first kappa shape index (κ1) is 33.1. The Labute approximate surface area is 261 Å². The molecule has 0 aliphatic carbocycles. The third kappa shape index (κ3) is 8.31. The number of halogens is 4. The van der Waals surface area contributed by atoms with E-state index in [1.807, 2.05) is 12.1 Å². The second-order valence-electron chi connectivity index (χ2n) is 12.4. The number of aromatic nitrogens is 1. The molecule has 2 saturated heterocycles. The molecule has 7 nitrogen and oxygen atoms in total. The fourth-order valence-electron chi connectivity index (χ4n) is 6.80. The van der Waals surface area contributed by atoms with Gasteiger partial charge in [-0.3, -0.25) is 14.7 Å². The number of likely N-dealkylation sites (tertiary alicyclic amines) is 1. The number of carboxylic acid groups (broad SMARTS) is 1. The van der Waals surface area contributed by atoms with Crippen LogP contribution in [0, 0.1) is 22.9 Å². The fourth-order valence-corrected chi connectivity index (χ4v) is 6.80. The molecule has 3 aromatic rings. The molecule has 45 heavy (non-hydrogen) atoms. The lowest BCUT2D eigenvalue weighted by Crippen LogP contribution is -2.41. The lowest BCUT2D eigenvalue weighted by atomic mass is 9.71. The summed E-state index contributed by atoms with van der Waals surface area (Å²) in [6.07, 6.45) is 2.82. The molecular formula is C34H41F4N3O4. The van der Waals surface area contributed by atoms with Crippen molar-refractivity contribution >= 4 is 16.9 Å². The molecule has 11 heteroatoms. The van der Waals surface area contributed by atoms with Crippen LogP contribution in [0.3, 0.4) is 0 Å². The van der Waals surface area contributed by atoms with Gasteiger partial charge in [0.25, 0.3) is 0 Å². The van der Waals surface area contributed by atoms with E-state index < -0.39 is 35.0 Å². The highest BCUT2D eigenvalue weighted by Gasteiger charge is 2.37. The van der Waals surface area contributed by atoms with E-state index in [4.69, 9.17) is 9.47 Å². The minimum Gasteiger partial charge on any atom is -0.497 e. The monoisotopic (exact) mass is 631 g/mol. The number of methoxy groups -OCH3 is 1. The van der Waals surface area contributed by atoms with Crippen LogP contribution in [0.2, 0.25) is 0 Å². The molecule has 0 radical (unpaired) electrons. The Morgan fingerprint density at radius 1 is 1.07 bits per heavy atom. The summed E-state index contributed by atoms with van der Waals surface area (Å²) in [5.41, 5.74) is 1.51. The number of rotatable bonds is 13. The molecule has 0 amide bonds. The van der Waals surface area contributed by atoms with Gasteiger partial charge in [0, 0.05) is 42.8 Å². The number of fused-ring (bicyclic) bond motifs is 1. The molecule has 2 aliphatic heterocycles. The number of ether oxygens (including phenoxy) is 2. The zero-order valence-electron chi connectivity index (χ0n) is 25.7. The molecule has 244 valence electrons. The maximum absolute atomic E-state index is 16.5. The highest BCUT2D eigenvalue weighted by Crippen LogP contribution is 2.43. The molecule has 1 unspecified atom stereocenters. The highest BCUT2D eigenvalue weighted by molar-refractivity contribution is 5.85. The van der Waals surface area contributed by atoms with Crippen LogP contribution < -0.4 is 4.74 Å². The van der Waals surface area contributed by atoms with Crippen LogP contribution in [0.15, 0.2) is 36.5 Å². The van der Waals surface area contributed by atoms with E-state index in [0.717, 1.165) is 24.7 Å². The van der Waals surface area contributed by atoms with E-state index in [1.54, 1.807) is 19.4 Å². The predicted octanol–water partition coefficient (Wildman–Crippen LogP) is 6.47. The lowest BCUT2D eigenvalue weighted by Gasteiger charge is -2.41. The lowest BCUT2D eigenvalue weighted by molar-refractivity contribution is -0.141. The van der Waals surface area contributed by atoms with Gasteiger partial charge in [0.15, 0.2) is 11.6 Å². The van der Waals surface area contributed by atoms with Crippen molar-refractivity contribution in [3.8, 4) is 5.75 Å². The summed E-state index contributed by atoms with van der Waals surface area (Å²) in [5, 5.41) is 10.5. The fraction of sp³-hybridized carbons (Fsp3) is 0.529. The van der Waals surface area contributed by atoms with Crippen LogP contribution in [0.25, 0.3) is 10.9 Å². The molecule has 0 spiro atoms. The Hall–Kier alpha value is -3.28. The number of aryl methyl sites for hydroxylation is 1. The van der Waals surface area contributed by atoms with Gasteiger partial charge in [-0.2, -0.15) is 0 Å². The number of carbonyl (C=O) groups is 1. The van der Waals surface area contributed by atoms with E-state index in [1.165, 1.54) is 0 Å². The van der Waals surface area contributed by atoms with Gasteiger partial charge >= 0.3 is 5.97 Å². The molecule has 2 fully saturated rings. The SMILES string of the molecule is COc1ccc2ncc(CN3CCOCC3)c(C(F)CCC3(CC(=O)O)CCN(CCCc4cc(F)cc(F)c4F)CC3)c2c1. The summed E-state index contributed by atoms with van der Waals surface area (Å²) in [7, 11) is 1.57. The number of hydrogen-bond acceptors (Lipinski definition) is 6. The van der Waals surface area contributed by atoms with E-state index >= 15 is 4.39 Å². The number of pyridine rings is 1. The third-order valence-corrected chi connectivity index (χ3v) is 9.37. The molecule has 3 heterocycles. The van der Waals surface area contributed by atoms with Crippen LogP contribution in [-0.4, -0.2) is 78.9 Å². The minimum atomic E-state index is -1.33. The predicted molar refractivity (Wildman–Crippen MR) is 162 cm³/mol. The number of piperidine rings is 1. The summed E-state index contributed by atoms with van der Waals surface area (Å²) in [5.74, 6) is -3.32. The van der Waals surface area contributed by atoms with Crippen LogP contribution in [0.1, 0.15) is 61.4 Å². The molecule has 1 N–H and O–H groups in total. The first-order valence-corrected chi connectivity index (χ1v) is 15.6. The van der Waals surface area contributed by atoms with E-state index in [9.17, 15) is 23.1 Å². The molecule has 0 saturated carbocycles. The number of morpholine rings is 1. The number of hydrogen-bond donors (Lipinski definition) is 1. The van der Waals surface area contributed by atoms with Crippen molar-refractivity contribution in [2.24, 2.45) is 5.41 Å². The third-order valence-electron chi connectivity index (χ3n) is 9.37. The van der Waals surface area contributed by atoms with Crippen LogP contribution in [-0.2, 0) is 22.5 Å². The standard InChI is InChI=1S/C34H41F4N3O4/c1-44-26-4-5-30-27(19-26)32(24(21-39-30)22-41-13-15-45-16-14-41)28(36)6-7-34(20-31(42)43)8-11-40(12-9-34)10-2-3-23-17-25(35)18-29(37)33(23)38/h4-5,17-19,21,28H,2-3,6-16,20,22H2,1H3,(H,42,43). The number of aliphatic carboxylic acids is 1. The summed E-state index contributed by atoms with van der Waals surface area (Å²) in [6.45, 7) is 5.10. The molecular weight excluding hydrogens is 590 g/mol. The Morgan fingerprint density at radius 3 is 2.53 bits per heavy atom. The summed E-state index contributed by atoms with van der Waals surface area (Å²) < 4.78 is 68.6. The molecule has 1 aromatic heterocycles. The summed E-state index contributed by atoms with van der Waals surface area (Å²) in [4.78, 5) is 21.0. The summed E-state index contributed by atoms with van der Waals surface area (Å²) >= 11 is 0. The van der Waals surface area contributed by atoms with Crippen molar-refractivity contribution in [3.63, 3.8) is 0 Å². The van der Waals surface area contributed by atoms with Crippen molar-refractivity contribution in [1.29, 1.82) is 0 Å². The maximum Gasteiger partial charge on any atom is 0.303 e. The van der Waals surface area contributed by atoms with Gasteiger partial charge in [0.1, 0.15) is 17.7 Å². The molecule has 2 aliphatic rings. The Balaban J connectivity index is 1.27.